The Labute approximate surface area is 130 Å². The largest absolute Gasteiger partial charge is 0.467 e. The van der Waals surface area contributed by atoms with Crippen LogP contribution in [0.4, 0.5) is 4.79 Å². The van der Waals surface area contributed by atoms with Crippen molar-refractivity contribution in [1.82, 2.24) is 19.8 Å². The number of rotatable bonds is 3. The van der Waals surface area contributed by atoms with Gasteiger partial charge in [-0.3, -0.25) is 4.90 Å². The Balaban J connectivity index is 1.59. The van der Waals surface area contributed by atoms with E-state index in [2.05, 4.69) is 14.9 Å². The zero-order valence-corrected chi connectivity index (χ0v) is 13.1. The van der Waals surface area contributed by atoms with Gasteiger partial charge in [0.25, 0.3) is 0 Å². The fraction of sp³-hybridized carbons (Fsp3) is 0.667. The van der Waals surface area contributed by atoms with Crippen molar-refractivity contribution in [2.45, 2.75) is 31.4 Å². The summed E-state index contributed by atoms with van der Waals surface area (Å²) in [5.41, 5.74) is 0.772. The van der Waals surface area contributed by atoms with Crippen LogP contribution < -0.4 is 4.74 Å². The molecule has 1 aromatic heterocycles. The maximum atomic E-state index is 11.7. The predicted molar refractivity (Wildman–Crippen MR) is 79.6 cm³/mol. The average Bonchev–Trinajstić information content (AvgIpc) is 2.68. The van der Waals surface area contributed by atoms with E-state index in [-0.39, 0.29) is 11.7 Å². The predicted octanol–water partition coefficient (Wildman–Crippen LogP) is 1.29. The Morgan fingerprint density at radius 2 is 2.09 bits per heavy atom. The molecule has 3 heterocycles. The lowest BCUT2D eigenvalue weighted by atomic mass is 9.95. The van der Waals surface area contributed by atoms with Crippen LogP contribution in [0.5, 0.6) is 6.01 Å². The zero-order chi connectivity index (χ0) is 15.6. The van der Waals surface area contributed by atoms with Crippen molar-refractivity contribution < 1.29 is 14.3 Å². The first-order valence-corrected chi connectivity index (χ1v) is 7.62. The lowest BCUT2D eigenvalue weighted by Crippen LogP contribution is -2.35. The lowest BCUT2D eigenvalue weighted by Gasteiger charge is -2.25. The van der Waals surface area contributed by atoms with Gasteiger partial charge in [-0.05, 0) is 19.4 Å². The Bertz CT molecular complexity index is 536. The Morgan fingerprint density at radius 3 is 2.73 bits per heavy atom. The SMILES string of the molecule is COc1ncc(CN2CCC[C@]3(CC2)CN(C)C(=O)O3)cn1. The first-order valence-electron chi connectivity index (χ1n) is 7.62. The van der Waals surface area contributed by atoms with Crippen LogP contribution in [0.2, 0.25) is 0 Å². The van der Waals surface area contributed by atoms with E-state index in [1.165, 1.54) is 0 Å². The Morgan fingerprint density at radius 1 is 1.32 bits per heavy atom. The molecule has 0 aromatic carbocycles. The molecule has 22 heavy (non-hydrogen) atoms. The van der Waals surface area contributed by atoms with Gasteiger partial charge in [-0.2, -0.15) is 0 Å². The van der Waals surface area contributed by atoms with Crippen LogP contribution in [0.25, 0.3) is 0 Å². The number of carbonyl (C=O) groups excluding carboxylic acids is 1. The third-order valence-electron chi connectivity index (χ3n) is 4.40. The highest BCUT2D eigenvalue weighted by Crippen LogP contribution is 2.32. The molecule has 0 unspecified atom stereocenters. The molecular weight excluding hydrogens is 284 g/mol. The summed E-state index contributed by atoms with van der Waals surface area (Å²) in [4.78, 5) is 24.0. The van der Waals surface area contributed by atoms with Crippen molar-refractivity contribution in [3.63, 3.8) is 0 Å². The average molecular weight is 306 g/mol. The molecule has 1 atom stereocenters. The number of methoxy groups -OCH3 is 1. The highest BCUT2D eigenvalue weighted by atomic mass is 16.6. The van der Waals surface area contributed by atoms with Gasteiger partial charge in [0.2, 0.25) is 0 Å². The van der Waals surface area contributed by atoms with Crippen LogP contribution in [0.1, 0.15) is 24.8 Å². The number of aromatic nitrogens is 2. The molecule has 2 saturated heterocycles. The first-order chi connectivity index (χ1) is 10.6. The number of nitrogens with zero attached hydrogens (tertiary/aromatic N) is 4. The van der Waals surface area contributed by atoms with E-state index in [9.17, 15) is 4.79 Å². The standard InChI is InChI=1S/C15H22N4O3/c1-18-11-15(22-14(18)20)4-3-6-19(7-5-15)10-12-8-16-13(21-2)17-9-12/h8-9H,3-7,10-11H2,1-2H3/t15-/m0/s1. The number of likely N-dealkylation sites (N-methyl/N-ethyl adjacent to an activating group) is 1. The van der Waals surface area contributed by atoms with Crippen molar-refractivity contribution in [1.29, 1.82) is 0 Å². The topological polar surface area (TPSA) is 67.8 Å². The monoisotopic (exact) mass is 306 g/mol. The maximum Gasteiger partial charge on any atom is 0.410 e. The third-order valence-corrected chi connectivity index (χ3v) is 4.40. The minimum atomic E-state index is -0.295. The molecule has 7 heteroatoms. The minimum Gasteiger partial charge on any atom is -0.467 e. The molecule has 0 N–H and O–H groups in total. The number of ether oxygens (including phenoxy) is 2. The lowest BCUT2D eigenvalue weighted by molar-refractivity contribution is 0.0443. The van der Waals surface area contributed by atoms with Crippen LogP contribution >= 0.6 is 0 Å². The van der Waals surface area contributed by atoms with Gasteiger partial charge in [0.15, 0.2) is 0 Å². The van der Waals surface area contributed by atoms with Gasteiger partial charge in [-0.15, -0.1) is 0 Å². The van der Waals surface area contributed by atoms with Crippen LogP contribution in [0.3, 0.4) is 0 Å². The molecule has 2 aliphatic rings. The second kappa shape index (κ2) is 6.08. The highest BCUT2D eigenvalue weighted by Gasteiger charge is 2.44. The van der Waals surface area contributed by atoms with Crippen molar-refractivity contribution in [3.05, 3.63) is 18.0 Å². The van der Waals surface area contributed by atoms with Crippen LogP contribution in [-0.2, 0) is 11.3 Å². The molecule has 1 aromatic rings. The second-order valence-electron chi connectivity index (χ2n) is 6.11. The smallest absolute Gasteiger partial charge is 0.410 e. The van der Waals surface area contributed by atoms with Gasteiger partial charge in [-0.1, -0.05) is 0 Å². The van der Waals surface area contributed by atoms with Gasteiger partial charge in [0, 0.05) is 44.5 Å². The molecule has 3 rings (SSSR count). The summed E-state index contributed by atoms with van der Waals surface area (Å²) in [5, 5.41) is 0. The Kier molecular flexibility index (Phi) is 4.15. The number of amides is 1. The van der Waals surface area contributed by atoms with Crippen LogP contribution in [-0.4, -0.2) is 65.3 Å². The number of hydrogen-bond acceptors (Lipinski definition) is 6. The fourth-order valence-electron chi connectivity index (χ4n) is 3.22. The van der Waals surface area contributed by atoms with Crippen molar-refractivity contribution >= 4 is 6.09 Å². The fourth-order valence-corrected chi connectivity index (χ4v) is 3.22. The highest BCUT2D eigenvalue weighted by molar-refractivity contribution is 5.70. The summed E-state index contributed by atoms with van der Waals surface area (Å²) in [6.07, 6.45) is 6.24. The van der Waals surface area contributed by atoms with Crippen LogP contribution in [0.15, 0.2) is 12.4 Å². The summed E-state index contributed by atoms with van der Waals surface area (Å²) >= 11 is 0. The van der Waals surface area contributed by atoms with E-state index in [0.29, 0.717) is 12.6 Å². The van der Waals surface area contributed by atoms with Crippen molar-refractivity contribution in [2.75, 3.05) is 33.8 Å². The van der Waals surface area contributed by atoms with E-state index in [4.69, 9.17) is 9.47 Å². The molecule has 0 radical (unpaired) electrons. The van der Waals surface area contributed by atoms with E-state index >= 15 is 0 Å². The summed E-state index contributed by atoms with van der Waals surface area (Å²) < 4.78 is 10.6. The molecule has 2 fully saturated rings. The normalized spacial score (nSPS) is 26.1. The zero-order valence-electron chi connectivity index (χ0n) is 13.1. The first kappa shape index (κ1) is 15.0. The van der Waals surface area contributed by atoms with Gasteiger partial charge < -0.3 is 14.4 Å². The van der Waals surface area contributed by atoms with Gasteiger partial charge in [0.1, 0.15) is 5.60 Å². The van der Waals surface area contributed by atoms with E-state index in [0.717, 1.165) is 44.5 Å². The molecule has 0 aliphatic carbocycles. The van der Waals surface area contributed by atoms with Gasteiger partial charge in [-0.25, -0.2) is 14.8 Å². The molecule has 120 valence electrons. The molecule has 2 aliphatic heterocycles. The molecular formula is C15H22N4O3. The molecule has 7 nitrogen and oxygen atoms in total. The van der Waals surface area contributed by atoms with E-state index in [1.807, 2.05) is 0 Å². The number of hydrogen-bond donors (Lipinski definition) is 0. The molecule has 1 amide bonds. The summed E-state index contributed by atoms with van der Waals surface area (Å²) in [5.74, 6) is 0. The molecule has 1 spiro atoms. The van der Waals surface area contributed by atoms with Gasteiger partial charge >= 0.3 is 12.1 Å². The minimum absolute atomic E-state index is 0.197. The van der Waals surface area contributed by atoms with Gasteiger partial charge in [0.05, 0.1) is 13.7 Å². The summed E-state index contributed by atoms with van der Waals surface area (Å²) in [7, 11) is 3.36. The summed E-state index contributed by atoms with van der Waals surface area (Å²) in [6.45, 7) is 3.41. The van der Waals surface area contributed by atoms with Crippen LogP contribution in [0, 0.1) is 0 Å². The third kappa shape index (κ3) is 3.14. The molecule has 0 bridgehead atoms. The summed E-state index contributed by atoms with van der Waals surface area (Å²) in [6, 6.07) is 0.388. The van der Waals surface area contributed by atoms with Crippen molar-refractivity contribution in [2.24, 2.45) is 0 Å². The maximum absolute atomic E-state index is 11.7. The Hall–Kier alpha value is -1.89. The second-order valence-corrected chi connectivity index (χ2v) is 6.11. The van der Waals surface area contributed by atoms with E-state index in [1.54, 1.807) is 31.5 Å². The number of carbonyl (C=O) groups is 1. The number of likely N-dealkylation sites (tertiary alicyclic amines) is 1. The quantitative estimate of drug-likeness (QED) is 0.838. The molecule has 0 saturated carbocycles. The van der Waals surface area contributed by atoms with Crippen molar-refractivity contribution in [3.8, 4) is 6.01 Å². The van der Waals surface area contributed by atoms with E-state index < -0.39 is 0 Å².